The number of carbonyl (C=O) groups is 1. The molecule has 4 nitrogen and oxygen atoms in total. The molecule has 1 saturated heterocycles. The first kappa shape index (κ1) is 15.0. The minimum absolute atomic E-state index is 0.114. The fraction of sp³-hybridized carbons (Fsp3) is 0.562. The second kappa shape index (κ2) is 7.41. The zero-order valence-electron chi connectivity index (χ0n) is 12.6. The molecule has 1 aliphatic rings. The molecule has 1 heterocycles. The van der Waals surface area contributed by atoms with Gasteiger partial charge in [-0.15, -0.1) is 0 Å². The van der Waals surface area contributed by atoms with Crippen LogP contribution in [0.4, 0.5) is 0 Å². The summed E-state index contributed by atoms with van der Waals surface area (Å²) in [5.74, 6) is 0.114. The van der Waals surface area contributed by atoms with Gasteiger partial charge in [0.1, 0.15) is 0 Å². The van der Waals surface area contributed by atoms with Crippen LogP contribution in [0.3, 0.4) is 0 Å². The Morgan fingerprint density at radius 1 is 1.25 bits per heavy atom. The number of benzene rings is 1. The van der Waals surface area contributed by atoms with Gasteiger partial charge in [0.25, 0.3) is 5.91 Å². The van der Waals surface area contributed by atoms with Crippen molar-refractivity contribution in [3.05, 3.63) is 35.4 Å². The molecule has 4 heteroatoms. The van der Waals surface area contributed by atoms with E-state index in [1.807, 2.05) is 36.2 Å². The molecular weight excluding hydrogens is 250 g/mol. The first-order valence-corrected chi connectivity index (χ1v) is 7.48. The molecular formula is C16H25N3O. The van der Waals surface area contributed by atoms with Gasteiger partial charge in [-0.1, -0.05) is 19.1 Å². The summed E-state index contributed by atoms with van der Waals surface area (Å²) < 4.78 is 0. The molecule has 1 N–H and O–H groups in total. The number of rotatable bonds is 5. The zero-order chi connectivity index (χ0) is 14.4. The Bertz CT molecular complexity index is 424. The molecule has 1 fully saturated rings. The van der Waals surface area contributed by atoms with Gasteiger partial charge in [0.15, 0.2) is 0 Å². The lowest BCUT2D eigenvalue weighted by Gasteiger charge is -2.29. The number of nitrogens with one attached hydrogen (secondary N) is 1. The minimum atomic E-state index is 0.114. The molecule has 0 spiro atoms. The van der Waals surface area contributed by atoms with Crippen LogP contribution in [0.2, 0.25) is 0 Å². The predicted octanol–water partition coefficient (Wildman–Crippen LogP) is 1.23. The highest BCUT2D eigenvalue weighted by Crippen LogP contribution is 2.07. The fourth-order valence-corrected chi connectivity index (χ4v) is 2.43. The van der Waals surface area contributed by atoms with Crippen LogP contribution >= 0.6 is 0 Å². The van der Waals surface area contributed by atoms with Crippen LogP contribution in [0.1, 0.15) is 22.8 Å². The van der Waals surface area contributed by atoms with Crippen LogP contribution in [0.5, 0.6) is 0 Å². The predicted molar refractivity (Wildman–Crippen MR) is 82.1 cm³/mol. The Hall–Kier alpha value is -1.39. The van der Waals surface area contributed by atoms with Gasteiger partial charge in [-0.05, 0) is 24.1 Å². The number of likely N-dealkylation sites (N-methyl/N-ethyl adjacent to an activating group) is 1. The van der Waals surface area contributed by atoms with E-state index in [2.05, 4.69) is 17.1 Å². The summed E-state index contributed by atoms with van der Waals surface area (Å²) in [4.78, 5) is 16.5. The van der Waals surface area contributed by atoms with Crippen molar-refractivity contribution in [2.75, 3.05) is 46.3 Å². The van der Waals surface area contributed by atoms with Crippen LogP contribution in [0, 0.1) is 0 Å². The Morgan fingerprint density at radius 2 is 1.90 bits per heavy atom. The largest absolute Gasteiger partial charge is 0.340 e. The smallest absolute Gasteiger partial charge is 0.253 e. The summed E-state index contributed by atoms with van der Waals surface area (Å²) in [5.41, 5.74) is 2.05. The molecule has 0 aromatic heterocycles. The van der Waals surface area contributed by atoms with E-state index in [1.54, 1.807) is 0 Å². The molecule has 1 aromatic rings. The number of aryl methyl sites for hydroxylation is 1. The topological polar surface area (TPSA) is 35.6 Å². The third-order valence-electron chi connectivity index (χ3n) is 3.92. The summed E-state index contributed by atoms with van der Waals surface area (Å²) in [6.07, 6.45) is 1.01. The van der Waals surface area contributed by atoms with Crippen molar-refractivity contribution in [3.63, 3.8) is 0 Å². The van der Waals surface area contributed by atoms with E-state index < -0.39 is 0 Å². The molecule has 0 radical (unpaired) electrons. The van der Waals surface area contributed by atoms with Gasteiger partial charge in [0, 0.05) is 51.9 Å². The quantitative estimate of drug-likeness (QED) is 0.878. The second-order valence-corrected chi connectivity index (χ2v) is 5.37. The van der Waals surface area contributed by atoms with Gasteiger partial charge in [-0.2, -0.15) is 0 Å². The molecule has 0 saturated carbocycles. The number of carbonyl (C=O) groups excluding carboxylic acids is 1. The molecule has 0 bridgehead atoms. The summed E-state index contributed by atoms with van der Waals surface area (Å²) >= 11 is 0. The summed E-state index contributed by atoms with van der Waals surface area (Å²) in [6.45, 7) is 8.12. The lowest BCUT2D eigenvalue weighted by molar-refractivity contribution is 0.0775. The lowest BCUT2D eigenvalue weighted by atomic mass is 10.1. The number of hydrogen-bond acceptors (Lipinski definition) is 3. The van der Waals surface area contributed by atoms with Crippen molar-refractivity contribution in [2.45, 2.75) is 13.3 Å². The number of nitrogens with zero attached hydrogens (tertiary/aromatic N) is 2. The monoisotopic (exact) mass is 275 g/mol. The third-order valence-corrected chi connectivity index (χ3v) is 3.92. The zero-order valence-corrected chi connectivity index (χ0v) is 12.6. The van der Waals surface area contributed by atoms with Crippen molar-refractivity contribution in [1.29, 1.82) is 0 Å². The van der Waals surface area contributed by atoms with Gasteiger partial charge >= 0.3 is 0 Å². The van der Waals surface area contributed by atoms with Crippen LogP contribution in [-0.2, 0) is 6.42 Å². The first-order chi connectivity index (χ1) is 9.70. The van der Waals surface area contributed by atoms with Crippen molar-refractivity contribution in [2.24, 2.45) is 0 Å². The molecule has 1 aromatic carbocycles. The number of hydrogen-bond donors (Lipinski definition) is 1. The molecule has 0 unspecified atom stereocenters. The normalized spacial score (nSPS) is 16.1. The van der Waals surface area contributed by atoms with Crippen LogP contribution < -0.4 is 5.32 Å². The molecule has 0 atom stereocenters. The Kier molecular flexibility index (Phi) is 5.56. The van der Waals surface area contributed by atoms with Crippen LogP contribution in [0.25, 0.3) is 0 Å². The highest BCUT2D eigenvalue weighted by Gasteiger charge is 2.14. The Balaban J connectivity index is 1.83. The van der Waals surface area contributed by atoms with E-state index in [0.717, 1.165) is 51.3 Å². The molecule has 1 amide bonds. The minimum Gasteiger partial charge on any atom is -0.340 e. The van der Waals surface area contributed by atoms with Crippen molar-refractivity contribution in [3.8, 4) is 0 Å². The maximum absolute atomic E-state index is 12.3. The van der Waals surface area contributed by atoms with E-state index in [4.69, 9.17) is 0 Å². The Labute approximate surface area is 121 Å². The van der Waals surface area contributed by atoms with Crippen LogP contribution in [0.15, 0.2) is 24.3 Å². The van der Waals surface area contributed by atoms with Gasteiger partial charge in [-0.3, -0.25) is 9.69 Å². The van der Waals surface area contributed by atoms with E-state index in [-0.39, 0.29) is 5.91 Å². The summed E-state index contributed by atoms with van der Waals surface area (Å²) in [7, 11) is 1.89. The average molecular weight is 275 g/mol. The van der Waals surface area contributed by atoms with Crippen molar-refractivity contribution >= 4 is 5.91 Å². The molecule has 2 rings (SSSR count). The van der Waals surface area contributed by atoms with E-state index in [0.29, 0.717) is 0 Å². The van der Waals surface area contributed by atoms with Crippen molar-refractivity contribution in [1.82, 2.24) is 15.1 Å². The van der Waals surface area contributed by atoms with E-state index in [1.165, 1.54) is 5.56 Å². The lowest BCUT2D eigenvalue weighted by Crippen LogP contribution is -2.46. The Morgan fingerprint density at radius 3 is 2.50 bits per heavy atom. The van der Waals surface area contributed by atoms with Gasteiger partial charge in [0.2, 0.25) is 0 Å². The number of piperazine rings is 1. The average Bonchev–Trinajstić information content (AvgIpc) is 2.53. The summed E-state index contributed by atoms with van der Waals surface area (Å²) in [5, 5.41) is 3.34. The summed E-state index contributed by atoms with van der Waals surface area (Å²) in [6, 6.07) is 7.94. The highest BCUT2D eigenvalue weighted by atomic mass is 16.2. The van der Waals surface area contributed by atoms with Crippen LogP contribution in [-0.4, -0.2) is 62.0 Å². The number of amides is 1. The van der Waals surface area contributed by atoms with E-state index in [9.17, 15) is 4.79 Å². The molecule has 0 aliphatic carbocycles. The molecule has 110 valence electrons. The standard InChI is InChI=1S/C16H25N3O/c1-3-14-4-6-15(7-5-14)16(20)18(2)12-13-19-10-8-17-9-11-19/h4-7,17H,3,8-13H2,1-2H3. The van der Waals surface area contributed by atoms with E-state index >= 15 is 0 Å². The maximum atomic E-state index is 12.3. The highest BCUT2D eigenvalue weighted by molar-refractivity contribution is 5.94. The van der Waals surface area contributed by atoms with Gasteiger partial charge in [-0.25, -0.2) is 0 Å². The fourth-order valence-electron chi connectivity index (χ4n) is 2.43. The molecule has 20 heavy (non-hydrogen) atoms. The first-order valence-electron chi connectivity index (χ1n) is 7.48. The van der Waals surface area contributed by atoms with Gasteiger partial charge < -0.3 is 10.2 Å². The maximum Gasteiger partial charge on any atom is 0.253 e. The molecule has 1 aliphatic heterocycles. The van der Waals surface area contributed by atoms with Gasteiger partial charge in [0.05, 0.1) is 0 Å². The SMILES string of the molecule is CCc1ccc(C(=O)N(C)CCN2CCNCC2)cc1. The van der Waals surface area contributed by atoms with Crippen molar-refractivity contribution < 1.29 is 4.79 Å². The third kappa shape index (κ3) is 4.05. The second-order valence-electron chi connectivity index (χ2n) is 5.37.